The van der Waals surface area contributed by atoms with Crippen LogP contribution in [0.4, 0.5) is 0 Å². The second-order valence-electron chi connectivity index (χ2n) is 4.05. The van der Waals surface area contributed by atoms with Gasteiger partial charge in [-0.25, -0.2) is 4.68 Å². The zero-order valence-corrected chi connectivity index (χ0v) is 10.1. The SMILES string of the molecule is O=c1ccc(-c2ccco2)nn1Cc1ccncc1. The molecule has 0 aliphatic carbocycles. The molecule has 0 spiro atoms. The van der Waals surface area contributed by atoms with E-state index in [0.29, 0.717) is 18.0 Å². The van der Waals surface area contributed by atoms with Crippen LogP contribution < -0.4 is 5.56 Å². The second kappa shape index (κ2) is 4.89. The van der Waals surface area contributed by atoms with E-state index in [0.717, 1.165) is 5.56 Å². The molecule has 0 saturated carbocycles. The Hall–Kier alpha value is -2.69. The molecule has 0 amide bonds. The third kappa shape index (κ3) is 2.44. The van der Waals surface area contributed by atoms with Crippen LogP contribution in [-0.4, -0.2) is 14.8 Å². The largest absolute Gasteiger partial charge is 0.463 e. The van der Waals surface area contributed by atoms with Crippen LogP contribution >= 0.6 is 0 Å². The molecule has 0 aliphatic rings. The molecule has 3 aromatic heterocycles. The van der Waals surface area contributed by atoms with Crippen LogP contribution in [0.3, 0.4) is 0 Å². The van der Waals surface area contributed by atoms with Gasteiger partial charge < -0.3 is 4.42 Å². The van der Waals surface area contributed by atoms with Crippen molar-refractivity contribution in [3.63, 3.8) is 0 Å². The van der Waals surface area contributed by atoms with Gasteiger partial charge in [-0.15, -0.1) is 0 Å². The summed E-state index contributed by atoms with van der Waals surface area (Å²) in [5.74, 6) is 0.642. The monoisotopic (exact) mass is 253 g/mol. The molecule has 3 rings (SSSR count). The van der Waals surface area contributed by atoms with Crippen LogP contribution in [0.1, 0.15) is 5.56 Å². The van der Waals surface area contributed by atoms with Crippen molar-refractivity contribution >= 4 is 0 Å². The van der Waals surface area contributed by atoms with Crippen molar-refractivity contribution in [1.82, 2.24) is 14.8 Å². The number of rotatable bonds is 3. The molecule has 5 heteroatoms. The lowest BCUT2D eigenvalue weighted by atomic mass is 10.2. The third-order valence-corrected chi connectivity index (χ3v) is 2.72. The first kappa shape index (κ1) is 11.4. The lowest BCUT2D eigenvalue weighted by Gasteiger charge is -2.05. The molecule has 0 N–H and O–H groups in total. The standard InChI is InChI=1S/C14H11N3O2/c18-14-4-3-12(13-2-1-9-19-13)16-17(14)10-11-5-7-15-8-6-11/h1-9H,10H2. The van der Waals surface area contributed by atoms with E-state index in [1.165, 1.54) is 10.7 Å². The van der Waals surface area contributed by atoms with Gasteiger partial charge in [-0.05, 0) is 35.9 Å². The molecule has 0 aliphatic heterocycles. The maximum Gasteiger partial charge on any atom is 0.267 e. The van der Waals surface area contributed by atoms with Gasteiger partial charge in [0.1, 0.15) is 5.69 Å². The number of hydrogen-bond acceptors (Lipinski definition) is 4. The highest BCUT2D eigenvalue weighted by Gasteiger charge is 2.05. The Morgan fingerprint density at radius 3 is 2.68 bits per heavy atom. The van der Waals surface area contributed by atoms with E-state index in [-0.39, 0.29) is 5.56 Å². The predicted octanol–water partition coefficient (Wildman–Crippen LogP) is 1.95. The van der Waals surface area contributed by atoms with Gasteiger partial charge in [-0.3, -0.25) is 9.78 Å². The van der Waals surface area contributed by atoms with Crippen LogP contribution in [0.2, 0.25) is 0 Å². The first-order valence-corrected chi connectivity index (χ1v) is 5.84. The van der Waals surface area contributed by atoms with Gasteiger partial charge in [0.05, 0.1) is 12.8 Å². The quantitative estimate of drug-likeness (QED) is 0.715. The van der Waals surface area contributed by atoms with Crippen molar-refractivity contribution in [2.75, 3.05) is 0 Å². The van der Waals surface area contributed by atoms with Crippen molar-refractivity contribution in [2.45, 2.75) is 6.54 Å². The number of nitrogens with zero attached hydrogens (tertiary/aromatic N) is 3. The minimum Gasteiger partial charge on any atom is -0.463 e. The Bertz CT molecular complexity index is 718. The summed E-state index contributed by atoms with van der Waals surface area (Å²) in [6.45, 7) is 0.413. The van der Waals surface area contributed by atoms with Crippen molar-refractivity contribution in [3.05, 3.63) is 71.0 Å². The zero-order chi connectivity index (χ0) is 13.1. The fourth-order valence-electron chi connectivity index (χ4n) is 1.78. The van der Waals surface area contributed by atoms with E-state index in [1.54, 1.807) is 30.8 Å². The highest BCUT2D eigenvalue weighted by atomic mass is 16.3. The van der Waals surface area contributed by atoms with Gasteiger partial charge in [0.2, 0.25) is 0 Å². The molecular weight excluding hydrogens is 242 g/mol. The van der Waals surface area contributed by atoms with Gasteiger partial charge in [0, 0.05) is 18.5 Å². The molecule has 94 valence electrons. The number of furan rings is 1. The van der Waals surface area contributed by atoms with E-state index in [2.05, 4.69) is 10.1 Å². The average Bonchev–Trinajstić information content (AvgIpc) is 2.96. The summed E-state index contributed by atoms with van der Waals surface area (Å²) >= 11 is 0. The zero-order valence-electron chi connectivity index (χ0n) is 10.1. The molecular formula is C14H11N3O2. The number of pyridine rings is 1. The highest BCUT2D eigenvalue weighted by Crippen LogP contribution is 2.15. The van der Waals surface area contributed by atoms with E-state index in [4.69, 9.17) is 4.42 Å². The molecule has 0 atom stereocenters. The van der Waals surface area contributed by atoms with Gasteiger partial charge >= 0.3 is 0 Å². The topological polar surface area (TPSA) is 60.9 Å². The van der Waals surface area contributed by atoms with Crippen molar-refractivity contribution < 1.29 is 4.42 Å². The van der Waals surface area contributed by atoms with E-state index < -0.39 is 0 Å². The Balaban J connectivity index is 1.97. The Morgan fingerprint density at radius 2 is 1.95 bits per heavy atom. The van der Waals surface area contributed by atoms with Crippen LogP contribution in [0.5, 0.6) is 0 Å². The van der Waals surface area contributed by atoms with Crippen molar-refractivity contribution in [1.29, 1.82) is 0 Å². The Kier molecular flexibility index (Phi) is 2.94. The first-order chi connectivity index (χ1) is 9.33. The third-order valence-electron chi connectivity index (χ3n) is 2.72. The smallest absolute Gasteiger partial charge is 0.267 e. The van der Waals surface area contributed by atoms with E-state index in [9.17, 15) is 4.79 Å². The summed E-state index contributed by atoms with van der Waals surface area (Å²) in [5.41, 5.74) is 1.46. The molecule has 19 heavy (non-hydrogen) atoms. The summed E-state index contributed by atoms with van der Waals surface area (Å²) in [5, 5.41) is 4.30. The molecule has 0 fully saturated rings. The maximum atomic E-state index is 11.8. The molecule has 3 heterocycles. The molecule has 0 aromatic carbocycles. The predicted molar refractivity (Wildman–Crippen MR) is 69.5 cm³/mol. The lowest BCUT2D eigenvalue weighted by Crippen LogP contribution is -2.22. The van der Waals surface area contributed by atoms with Crippen LogP contribution in [-0.2, 0) is 6.54 Å². The van der Waals surface area contributed by atoms with Crippen LogP contribution in [0.15, 0.2) is 64.3 Å². The summed E-state index contributed by atoms with van der Waals surface area (Å²) in [6.07, 6.45) is 4.96. The minimum atomic E-state index is -0.146. The average molecular weight is 253 g/mol. The van der Waals surface area contributed by atoms with Crippen molar-refractivity contribution in [3.8, 4) is 11.5 Å². The van der Waals surface area contributed by atoms with Gasteiger partial charge in [-0.1, -0.05) is 0 Å². The summed E-state index contributed by atoms with van der Waals surface area (Å²) in [7, 11) is 0. The van der Waals surface area contributed by atoms with Gasteiger partial charge in [0.15, 0.2) is 5.76 Å². The fourth-order valence-corrected chi connectivity index (χ4v) is 1.78. The number of hydrogen-bond donors (Lipinski definition) is 0. The Morgan fingerprint density at radius 1 is 1.11 bits per heavy atom. The second-order valence-corrected chi connectivity index (χ2v) is 4.05. The Labute approximate surface area is 109 Å². The van der Waals surface area contributed by atoms with Crippen LogP contribution in [0, 0.1) is 0 Å². The van der Waals surface area contributed by atoms with Gasteiger partial charge in [-0.2, -0.15) is 5.10 Å². The van der Waals surface area contributed by atoms with E-state index >= 15 is 0 Å². The van der Waals surface area contributed by atoms with Gasteiger partial charge in [0.25, 0.3) is 5.56 Å². The molecule has 5 nitrogen and oxygen atoms in total. The summed E-state index contributed by atoms with van der Waals surface area (Å²) in [4.78, 5) is 15.7. The highest BCUT2D eigenvalue weighted by molar-refractivity contribution is 5.50. The summed E-state index contributed by atoms with van der Waals surface area (Å²) in [6, 6.07) is 10.5. The van der Waals surface area contributed by atoms with E-state index in [1.807, 2.05) is 18.2 Å². The molecule has 0 unspecified atom stereocenters. The fraction of sp³-hybridized carbons (Fsp3) is 0.0714. The molecule has 0 bridgehead atoms. The summed E-state index contributed by atoms with van der Waals surface area (Å²) < 4.78 is 6.69. The first-order valence-electron chi connectivity index (χ1n) is 5.84. The number of aromatic nitrogens is 3. The maximum absolute atomic E-state index is 11.8. The molecule has 0 saturated heterocycles. The minimum absolute atomic E-state index is 0.146. The molecule has 0 radical (unpaired) electrons. The molecule has 3 aromatic rings. The normalized spacial score (nSPS) is 10.5. The lowest BCUT2D eigenvalue weighted by molar-refractivity contribution is 0.569. The van der Waals surface area contributed by atoms with Crippen LogP contribution in [0.25, 0.3) is 11.5 Å². The van der Waals surface area contributed by atoms with Crippen molar-refractivity contribution in [2.24, 2.45) is 0 Å².